The SMILES string of the molecule is CCc1nc(-c2ccccc2)c(C(=O)OC(C)(C)C)n1C. The number of esters is 1. The molecule has 0 bridgehead atoms. The molecule has 21 heavy (non-hydrogen) atoms. The predicted octanol–water partition coefficient (Wildman–Crippen LogP) is 3.60. The molecule has 2 aromatic rings. The van der Waals surface area contributed by atoms with Crippen molar-refractivity contribution in [1.82, 2.24) is 9.55 Å². The van der Waals surface area contributed by atoms with Crippen molar-refractivity contribution < 1.29 is 9.53 Å². The van der Waals surface area contributed by atoms with Gasteiger partial charge in [0.2, 0.25) is 0 Å². The van der Waals surface area contributed by atoms with E-state index in [2.05, 4.69) is 4.98 Å². The summed E-state index contributed by atoms with van der Waals surface area (Å²) in [5.74, 6) is 0.533. The van der Waals surface area contributed by atoms with Crippen LogP contribution in [0, 0.1) is 0 Å². The van der Waals surface area contributed by atoms with Gasteiger partial charge in [-0.05, 0) is 20.8 Å². The fourth-order valence-corrected chi connectivity index (χ4v) is 2.22. The quantitative estimate of drug-likeness (QED) is 0.810. The Morgan fingerprint density at radius 1 is 1.24 bits per heavy atom. The van der Waals surface area contributed by atoms with Crippen LogP contribution in [0.25, 0.3) is 11.3 Å². The first kappa shape index (κ1) is 15.3. The summed E-state index contributed by atoms with van der Waals surface area (Å²) in [5.41, 5.74) is 1.59. The summed E-state index contributed by atoms with van der Waals surface area (Å²) >= 11 is 0. The van der Waals surface area contributed by atoms with E-state index in [-0.39, 0.29) is 5.97 Å². The van der Waals surface area contributed by atoms with E-state index in [0.717, 1.165) is 17.8 Å². The molecule has 0 N–H and O–H groups in total. The van der Waals surface area contributed by atoms with E-state index in [0.29, 0.717) is 11.4 Å². The molecular weight excluding hydrogens is 264 g/mol. The van der Waals surface area contributed by atoms with Gasteiger partial charge in [-0.1, -0.05) is 37.3 Å². The Balaban J connectivity index is 2.53. The first-order valence-corrected chi connectivity index (χ1v) is 7.18. The van der Waals surface area contributed by atoms with Gasteiger partial charge >= 0.3 is 5.97 Å². The Bertz CT molecular complexity index is 637. The molecule has 0 amide bonds. The predicted molar refractivity (Wildman–Crippen MR) is 83.2 cm³/mol. The Kier molecular flexibility index (Phi) is 4.16. The summed E-state index contributed by atoms with van der Waals surface area (Å²) in [6, 6.07) is 9.73. The minimum absolute atomic E-state index is 0.337. The number of carbonyl (C=O) groups is 1. The van der Waals surface area contributed by atoms with E-state index in [1.54, 1.807) is 0 Å². The van der Waals surface area contributed by atoms with Crippen LogP contribution in [0.2, 0.25) is 0 Å². The molecule has 2 rings (SSSR count). The topological polar surface area (TPSA) is 44.1 Å². The number of carbonyl (C=O) groups excluding carboxylic acids is 1. The van der Waals surface area contributed by atoms with Crippen molar-refractivity contribution in [3.8, 4) is 11.3 Å². The Hall–Kier alpha value is -2.10. The smallest absolute Gasteiger partial charge is 0.357 e. The maximum absolute atomic E-state index is 12.5. The number of aryl methyl sites for hydroxylation is 1. The van der Waals surface area contributed by atoms with Crippen molar-refractivity contribution in [3.63, 3.8) is 0 Å². The van der Waals surface area contributed by atoms with Crippen LogP contribution in [0.3, 0.4) is 0 Å². The highest BCUT2D eigenvalue weighted by molar-refractivity contribution is 5.95. The van der Waals surface area contributed by atoms with Crippen LogP contribution in [-0.2, 0) is 18.2 Å². The van der Waals surface area contributed by atoms with Crippen LogP contribution >= 0.6 is 0 Å². The summed E-state index contributed by atoms with van der Waals surface area (Å²) in [5, 5.41) is 0. The van der Waals surface area contributed by atoms with Gasteiger partial charge < -0.3 is 9.30 Å². The second-order valence-electron chi connectivity index (χ2n) is 6.01. The minimum atomic E-state index is -0.526. The van der Waals surface area contributed by atoms with Gasteiger partial charge in [-0.2, -0.15) is 0 Å². The molecule has 4 nitrogen and oxygen atoms in total. The molecule has 1 heterocycles. The molecule has 0 aliphatic heterocycles. The molecule has 0 unspecified atom stereocenters. The van der Waals surface area contributed by atoms with Crippen LogP contribution in [0.5, 0.6) is 0 Å². The molecule has 4 heteroatoms. The standard InChI is InChI=1S/C17H22N2O2/c1-6-13-18-14(12-10-8-7-9-11-12)15(19(13)5)16(20)21-17(2,3)4/h7-11H,6H2,1-5H3. The van der Waals surface area contributed by atoms with Crippen molar-refractivity contribution >= 4 is 5.97 Å². The first-order chi connectivity index (χ1) is 9.83. The fourth-order valence-electron chi connectivity index (χ4n) is 2.22. The van der Waals surface area contributed by atoms with Gasteiger partial charge in [0, 0.05) is 19.0 Å². The van der Waals surface area contributed by atoms with Crippen molar-refractivity contribution in [3.05, 3.63) is 41.9 Å². The molecule has 0 saturated carbocycles. The third-order valence-electron chi connectivity index (χ3n) is 3.14. The van der Waals surface area contributed by atoms with Gasteiger partial charge in [-0.15, -0.1) is 0 Å². The maximum atomic E-state index is 12.5. The van der Waals surface area contributed by atoms with Crippen LogP contribution in [-0.4, -0.2) is 21.1 Å². The normalized spacial score (nSPS) is 11.5. The zero-order chi connectivity index (χ0) is 15.6. The van der Waals surface area contributed by atoms with E-state index in [9.17, 15) is 4.79 Å². The van der Waals surface area contributed by atoms with Crippen molar-refractivity contribution in [2.75, 3.05) is 0 Å². The number of aromatic nitrogens is 2. The Morgan fingerprint density at radius 2 is 1.86 bits per heavy atom. The van der Waals surface area contributed by atoms with Crippen molar-refractivity contribution in [1.29, 1.82) is 0 Å². The molecule has 112 valence electrons. The second kappa shape index (κ2) is 5.72. The molecular formula is C17H22N2O2. The number of hydrogen-bond donors (Lipinski definition) is 0. The summed E-state index contributed by atoms with van der Waals surface area (Å²) in [4.78, 5) is 17.1. The summed E-state index contributed by atoms with van der Waals surface area (Å²) in [7, 11) is 1.86. The number of hydrogen-bond acceptors (Lipinski definition) is 3. The van der Waals surface area contributed by atoms with E-state index in [4.69, 9.17) is 4.74 Å². The number of imidazole rings is 1. The molecule has 1 aromatic heterocycles. The average molecular weight is 286 g/mol. The summed E-state index contributed by atoms with van der Waals surface area (Å²) in [6.07, 6.45) is 0.763. The lowest BCUT2D eigenvalue weighted by molar-refractivity contribution is 0.00596. The van der Waals surface area contributed by atoms with Gasteiger partial charge in [-0.25, -0.2) is 9.78 Å². The molecule has 0 spiro atoms. The van der Waals surface area contributed by atoms with Crippen molar-refractivity contribution in [2.24, 2.45) is 7.05 Å². The summed E-state index contributed by atoms with van der Waals surface area (Å²) < 4.78 is 7.35. The van der Waals surface area contributed by atoms with Crippen LogP contribution in [0.1, 0.15) is 44.0 Å². The van der Waals surface area contributed by atoms with Gasteiger partial charge in [-0.3, -0.25) is 0 Å². The molecule has 0 aliphatic carbocycles. The lowest BCUT2D eigenvalue weighted by Crippen LogP contribution is -2.25. The Morgan fingerprint density at radius 3 is 2.38 bits per heavy atom. The minimum Gasteiger partial charge on any atom is -0.455 e. The third kappa shape index (κ3) is 3.32. The number of ether oxygens (including phenoxy) is 1. The van der Waals surface area contributed by atoms with E-state index in [1.165, 1.54) is 0 Å². The maximum Gasteiger partial charge on any atom is 0.357 e. The first-order valence-electron chi connectivity index (χ1n) is 7.18. The molecule has 1 aromatic carbocycles. The van der Waals surface area contributed by atoms with E-state index >= 15 is 0 Å². The van der Waals surface area contributed by atoms with Crippen molar-refractivity contribution in [2.45, 2.75) is 39.7 Å². The van der Waals surface area contributed by atoms with Crippen LogP contribution < -0.4 is 0 Å². The highest BCUT2D eigenvalue weighted by Crippen LogP contribution is 2.25. The molecule has 0 radical (unpaired) electrons. The molecule has 0 atom stereocenters. The zero-order valence-corrected chi connectivity index (χ0v) is 13.3. The summed E-state index contributed by atoms with van der Waals surface area (Å²) in [6.45, 7) is 7.62. The van der Waals surface area contributed by atoms with Gasteiger partial charge in [0.15, 0.2) is 5.69 Å². The fraction of sp³-hybridized carbons (Fsp3) is 0.412. The lowest BCUT2D eigenvalue weighted by Gasteiger charge is -2.20. The Labute approximate surface area is 125 Å². The molecule has 0 saturated heterocycles. The average Bonchev–Trinajstić information content (AvgIpc) is 2.75. The largest absolute Gasteiger partial charge is 0.455 e. The number of rotatable bonds is 3. The zero-order valence-electron chi connectivity index (χ0n) is 13.3. The monoisotopic (exact) mass is 286 g/mol. The highest BCUT2D eigenvalue weighted by Gasteiger charge is 2.26. The van der Waals surface area contributed by atoms with Gasteiger partial charge in [0.05, 0.1) is 0 Å². The molecule has 0 fully saturated rings. The number of benzene rings is 1. The number of nitrogens with zero attached hydrogens (tertiary/aromatic N) is 2. The lowest BCUT2D eigenvalue weighted by atomic mass is 10.1. The molecule has 0 aliphatic rings. The highest BCUT2D eigenvalue weighted by atomic mass is 16.6. The van der Waals surface area contributed by atoms with Crippen LogP contribution in [0.15, 0.2) is 30.3 Å². The third-order valence-corrected chi connectivity index (χ3v) is 3.14. The second-order valence-corrected chi connectivity index (χ2v) is 6.01. The van der Waals surface area contributed by atoms with Crippen LogP contribution in [0.4, 0.5) is 0 Å². The van der Waals surface area contributed by atoms with Gasteiger partial charge in [0.1, 0.15) is 17.1 Å². The van der Waals surface area contributed by atoms with E-state index < -0.39 is 5.60 Å². The van der Waals surface area contributed by atoms with Gasteiger partial charge in [0.25, 0.3) is 0 Å². The van der Waals surface area contributed by atoms with E-state index in [1.807, 2.05) is 69.6 Å².